The molecule has 0 aliphatic carbocycles. The summed E-state index contributed by atoms with van der Waals surface area (Å²) in [6.45, 7) is 4.08. The minimum Gasteiger partial charge on any atom is -0.345 e. The van der Waals surface area contributed by atoms with Crippen LogP contribution in [0.1, 0.15) is 50.3 Å². The van der Waals surface area contributed by atoms with E-state index in [1.54, 1.807) is 0 Å². The molecule has 0 saturated carbocycles. The highest BCUT2D eigenvalue weighted by Crippen LogP contribution is 2.29. The van der Waals surface area contributed by atoms with E-state index in [2.05, 4.69) is 23.6 Å². The van der Waals surface area contributed by atoms with E-state index in [0.29, 0.717) is 25.1 Å². The lowest BCUT2D eigenvalue weighted by molar-refractivity contribution is -0.135. The summed E-state index contributed by atoms with van der Waals surface area (Å²) in [6, 6.07) is 9.78. The van der Waals surface area contributed by atoms with Crippen LogP contribution in [-0.2, 0) is 27.8 Å². The lowest BCUT2D eigenvalue weighted by Crippen LogP contribution is -2.49. The van der Waals surface area contributed by atoms with Gasteiger partial charge in [0.15, 0.2) is 0 Å². The fourth-order valence-corrected chi connectivity index (χ4v) is 6.40. The molecule has 0 spiro atoms. The van der Waals surface area contributed by atoms with Gasteiger partial charge in [-0.25, -0.2) is 8.42 Å². The van der Waals surface area contributed by atoms with Crippen LogP contribution in [0.3, 0.4) is 0 Å². The quantitative estimate of drug-likeness (QED) is 0.688. The van der Waals surface area contributed by atoms with Gasteiger partial charge in [0.25, 0.3) is 0 Å². The fourth-order valence-electron chi connectivity index (χ4n) is 5.28. The minimum atomic E-state index is -3.37. The summed E-state index contributed by atoms with van der Waals surface area (Å²) >= 11 is 0. The molecule has 2 aliphatic heterocycles. The number of likely N-dealkylation sites (tertiary alicyclic amines) is 1. The summed E-state index contributed by atoms with van der Waals surface area (Å²) in [7, 11) is -3.37. The Morgan fingerprint density at radius 2 is 1.97 bits per heavy atom. The van der Waals surface area contributed by atoms with Crippen molar-refractivity contribution in [2.45, 2.75) is 64.1 Å². The zero-order chi connectivity index (χ0) is 22.2. The first-order valence-electron chi connectivity index (χ1n) is 11.1. The van der Waals surface area contributed by atoms with E-state index in [0.717, 1.165) is 49.6 Å². The first-order valence-corrected chi connectivity index (χ1v) is 13.0. The molecular weight excluding hydrogens is 412 g/mol. The van der Waals surface area contributed by atoms with E-state index >= 15 is 0 Å². The van der Waals surface area contributed by atoms with Gasteiger partial charge in [-0.05, 0) is 69.0 Å². The van der Waals surface area contributed by atoms with E-state index in [1.807, 2.05) is 23.1 Å². The van der Waals surface area contributed by atoms with E-state index in [-0.39, 0.29) is 11.9 Å². The van der Waals surface area contributed by atoms with Gasteiger partial charge in [0, 0.05) is 36.9 Å². The van der Waals surface area contributed by atoms with Crippen molar-refractivity contribution in [1.82, 2.24) is 13.8 Å². The molecule has 8 heteroatoms. The molecule has 1 aromatic carbocycles. The number of hydrogen-bond acceptors (Lipinski definition) is 4. The molecule has 2 atom stereocenters. The Morgan fingerprint density at radius 1 is 1.19 bits per heavy atom. The van der Waals surface area contributed by atoms with Crippen molar-refractivity contribution in [2.24, 2.45) is 0 Å². The largest absolute Gasteiger partial charge is 0.345 e. The third kappa shape index (κ3) is 4.21. The Bertz CT molecular complexity index is 1130. The van der Waals surface area contributed by atoms with Crippen molar-refractivity contribution in [3.05, 3.63) is 35.5 Å². The maximum Gasteiger partial charge on any atom is 0.241 e. The van der Waals surface area contributed by atoms with Crippen molar-refractivity contribution in [2.75, 3.05) is 19.3 Å². The molecule has 166 valence electrons. The first kappa shape index (κ1) is 21.8. The number of aromatic nitrogens is 1. The number of sulfonamides is 1. The topological polar surface area (TPSA) is 86.4 Å². The highest BCUT2D eigenvalue weighted by molar-refractivity contribution is 7.88. The van der Waals surface area contributed by atoms with Gasteiger partial charge in [-0.3, -0.25) is 4.79 Å². The van der Waals surface area contributed by atoms with Gasteiger partial charge in [0.1, 0.15) is 6.04 Å². The summed E-state index contributed by atoms with van der Waals surface area (Å²) in [5, 5.41) is 10.3. The molecule has 1 amide bonds. The van der Waals surface area contributed by atoms with Gasteiger partial charge in [-0.2, -0.15) is 9.57 Å². The van der Waals surface area contributed by atoms with Gasteiger partial charge >= 0.3 is 0 Å². The highest BCUT2D eigenvalue weighted by atomic mass is 32.2. The average molecular weight is 443 g/mol. The Balaban J connectivity index is 1.50. The Morgan fingerprint density at radius 3 is 2.68 bits per heavy atom. The summed E-state index contributed by atoms with van der Waals surface area (Å²) in [5.41, 5.74) is 2.95. The molecule has 2 aromatic rings. The van der Waals surface area contributed by atoms with Crippen LogP contribution in [0.25, 0.3) is 10.9 Å². The molecule has 7 nitrogen and oxygen atoms in total. The molecule has 2 saturated heterocycles. The zero-order valence-corrected chi connectivity index (χ0v) is 19.1. The third-order valence-electron chi connectivity index (χ3n) is 6.74. The Labute approximate surface area is 184 Å². The second-order valence-electron chi connectivity index (χ2n) is 8.66. The van der Waals surface area contributed by atoms with Crippen LogP contribution in [-0.4, -0.2) is 59.5 Å². The number of nitriles is 1. The number of benzene rings is 1. The molecule has 0 unspecified atom stereocenters. The number of carbonyl (C=O) groups excluding carboxylic acids is 1. The number of carbonyl (C=O) groups is 1. The number of aryl methyl sites for hydroxylation is 2. The lowest BCUT2D eigenvalue weighted by Gasteiger charge is -2.30. The maximum absolute atomic E-state index is 13.2. The molecule has 1 aromatic heterocycles. The average Bonchev–Trinajstić information content (AvgIpc) is 3.48. The van der Waals surface area contributed by atoms with Crippen LogP contribution in [0.2, 0.25) is 0 Å². The Hall–Kier alpha value is -2.37. The maximum atomic E-state index is 13.2. The van der Waals surface area contributed by atoms with Crippen LogP contribution in [0, 0.1) is 11.3 Å². The van der Waals surface area contributed by atoms with Crippen LogP contribution >= 0.6 is 0 Å². The summed E-state index contributed by atoms with van der Waals surface area (Å²) in [4.78, 5) is 15.2. The SMILES string of the molecule is CCn1c(CC[C@@H]2CCCN2C(=O)[C@H]2CCCN2S(C)(=O)=O)cc2ccc(C#N)cc21. The van der Waals surface area contributed by atoms with Crippen LogP contribution in [0.4, 0.5) is 0 Å². The predicted molar refractivity (Wildman–Crippen MR) is 120 cm³/mol. The fraction of sp³-hybridized carbons (Fsp3) is 0.565. The predicted octanol–water partition coefficient (Wildman–Crippen LogP) is 2.88. The molecule has 0 N–H and O–H groups in total. The molecule has 0 bridgehead atoms. The normalized spacial score (nSPS) is 22.3. The van der Waals surface area contributed by atoms with E-state index in [1.165, 1.54) is 16.3 Å². The van der Waals surface area contributed by atoms with Crippen molar-refractivity contribution in [3.63, 3.8) is 0 Å². The lowest BCUT2D eigenvalue weighted by atomic mass is 10.1. The number of amides is 1. The van der Waals surface area contributed by atoms with Gasteiger partial charge in [0.2, 0.25) is 15.9 Å². The summed E-state index contributed by atoms with van der Waals surface area (Å²) < 4.78 is 27.8. The molecule has 3 heterocycles. The molecule has 31 heavy (non-hydrogen) atoms. The number of fused-ring (bicyclic) bond motifs is 1. The number of hydrogen-bond donors (Lipinski definition) is 0. The van der Waals surface area contributed by atoms with E-state index in [9.17, 15) is 18.5 Å². The monoisotopic (exact) mass is 442 g/mol. The van der Waals surface area contributed by atoms with Gasteiger partial charge in [-0.1, -0.05) is 6.07 Å². The molecule has 4 rings (SSSR count). The second-order valence-corrected chi connectivity index (χ2v) is 10.6. The number of rotatable bonds is 6. The summed E-state index contributed by atoms with van der Waals surface area (Å²) in [6.07, 6.45) is 6.18. The van der Waals surface area contributed by atoms with E-state index in [4.69, 9.17) is 0 Å². The van der Waals surface area contributed by atoms with Crippen molar-refractivity contribution in [1.29, 1.82) is 5.26 Å². The van der Waals surface area contributed by atoms with Crippen LogP contribution in [0.15, 0.2) is 24.3 Å². The third-order valence-corrected chi connectivity index (χ3v) is 8.03. The standard InChI is InChI=1S/C23H30N4O3S/c1-3-25-20(15-18-9-8-17(16-24)14-22(18)25)11-10-19-6-4-12-26(19)23(28)21-7-5-13-27(21)31(2,29)30/h8-9,14-15,19,21H,3-7,10-13H2,1-2H3/t19-,21+/m0/s1. The Kier molecular flexibility index (Phi) is 6.09. The smallest absolute Gasteiger partial charge is 0.241 e. The van der Waals surface area contributed by atoms with Gasteiger partial charge < -0.3 is 9.47 Å². The zero-order valence-electron chi connectivity index (χ0n) is 18.2. The molecule has 0 radical (unpaired) electrons. The highest BCUT2D eigenvalue weighted by Gasteiger charge is 2.41. The van der Waals surface area contributed by atoms with Gasteiger partial charge in [0.05, 0.1) is 17.9 Å². The second kappa shape index (κ2) is 8.64. The van der Waals surface area contributed by atoms with Gasteiger partial charge in [-0.15, -0.1) is 0 Å². The van der Waals surface area contributed by atoms with Crippen molar-refractivity contribution in [3.8, 4) is 6.07 Å². The summed E-state index contributed by atoms with van der Waals surface area (Å²) in [5.74, 6) is -0.0277. The molecular formula is C23H30N4O3S. The van der Waals surface area contributed by atoms with E-state index < -0.39 is 16.1 Å². The van der Waals surface area contributed by atoms with Crippen LogP contribution in [0.5, 0.6) is 0 Å². The van der Waals surface area contributed by atoms with Crippen molar-refractivity contribution >= 4 is 26.8 Å². The molecule has 2 aliphatic rings. The number of nitrogens with zero attached hydrogens (tertiary/aromatic N) is 4. The molecule has 2 fully saturated rings. The van der Waals surface area contributed by atoms with Crippen LogP contribution < -0.4 is 0 Å². The first-order chi connectivity index (χ1) is 14.8. The van der Waals surface area contributed by atoms with Crippen molar-refractivity contribution < 1.29 is 13.2 Å². The minimum absolute atomic E-state index is 0.0277.